The largest absolute Gasteiger partial charge is 2.00 e. The van der Waals surface area contributed by atoms with Gasteiger partial charge >= 0.3 is 19.5 Å². The summed E-state index contributed by atoms with van der Waals surface area (Å²) in [5.74, 6) is 1.02. The van der Waals surface area contributed by atoms with Gasteiger partial charge in [-0.1, -0.05) is 47.9 Å². The first-order chi connectivity index (χ1) is 17.1. The van der Waals surface area contributed by atoms with Crippen LogP contribution >= 0.6 is 0 Å². The minimum absolute atomic E-state index is 0. The van der Waals surface area contributed by atoms with Crippen molar-refractivity contribution in [1.29, 1.82) is 0 Å². The summed E-state index contributed by atoms with van der Waals surface area (Å²) in [6, 6.07) is 34.1. The fourth-order valence-electron chi connectivity index (χ4n) is 4.04. The van der Waals surface area contributed by atoms with Gasteiger partial charge in [0.1, 0.15) is 0 Å². The number of unbranched alkanes of at least 4 members (excludes halogenated alkanes) is 1. The van der Waals surface area contributed by atoms with Crippen LogP contribution in [-0.2, 0) is 19.5 Å². The SMILES string of the molecule is CC/C(=C(\c1ccc(=O)[cH-]c1)[c+]1cc[c-]([OH+]CCCCN(C)C)cc1)[c-]1cccc1.[Ru+2].c1cc[cH-]c1. The van der Waals surface area contributed by atoms with Crippen LogP contribution in [0.4, 0.5) is 0 Å². The summed E-state index contributed by atoms with van der Waals surface area (Å²) >= 11 is 0. The van der Waals surface area contributed by atoms with Crippen molar-refractivity contribution in [3.8, 4) is 5.75 Å². The van der Waals surface area contributed by atoms with Gasteiger partial charge in [0.15, 0.2) is 6.61 Å². The van der Waals surface area contributed by atoms with Crippen molar-refractivity contribution in [1.82, 2.24) is 4.90 Å². The molecule has 190 valence electrons. The Bertz CT molecular complexity index is 1150. The van der Waals surface area contributed by atoms with Gasteiger partial charge in [0, 0.05) is 6.42 Å². The van der Waals surface area contributed by atoms with E-state index in [0.29, 0.717) is 0 Å². The Labute approximate surface area is 228 Å². The van der Waals surface area contributed by atoms with Crippen molar-refractivity contribution < 1.29 is 24.2 Å². The minimum Gasteiger partial charge on any atom is -0.624 e. The topological polar surface area (TPSA) is 33.1 Å². The number of rotatable bonds is 10. The van der Waals surface area contributed by atoms with Crippen molar-refractivity contribution in [2.75, 3.05) is 27.2 Å². The molecule has 1 N–H and O–H groups in total. The minimum atomic E-state index is 0. The Kier molecular flexibility index (Phi) is 13.0. The summed E-state index contributed by atoms with van der Waals surface area (Å²) in [5.41, 5.74) is 5.95. The summed E-state index contributed by atoms with van der Waals surface area (Å²) < 4.78 is 4.73. The number of hydrogen-bond acceptors (Lipinski definition) is 2. The number of aromatic hydroxyl groups is 1. The van der Waals surface area contributed by atoms with Gasteiger partial charge in [-0.3, -0.25) is 0 Å². The smallest absolute Gasteiger partial charge is 0.624 e. The molecule has 4 rings (SSSR count). The van der Waals surface area contributed by atoms with Crippen molar-refractivity contribution in [2.24, 2.45) is 0 Å². The predicted molar refractivity (Wildman–Crippen MR) is 149 cm³/mol. The Morgan fingerprint density at radius 2 is 1.69 bits per heavy atom. The van der Waals surface area contributed by atoms with Crippen molar-refractivity contribution in [3.05, 3.63) is 130 Å². The Morgan fingerprint density at radius 3 is 2.22 bits per heavy atom. The van der Waals surface area contributed by atoms with E-state index in [0.717, 1.165) is 49.3 Å². The van der Waals surface area contributed by atoms with Gasteiger partial charge in [-0.2, -0.15) is 30.3 Å². The van der Waals surface area contributed by atoms with Crippen LogP contribution in [0.3, 0.4) is 0 Å². The van der Waals surface area contributed by atoms with Crippen molar-refractivity contribution >= 4 is 11.1 Å². The molecule has 0 unspecified atom stereocenters. The standard InChI is InChI=1S/C27H32NO2.C5H5.Ru/c1-4-26(21-9-5-6-10-21)27(22-11-15-24(29)16-12-22)23-13-17-25(18-14-23)30-20-8-7-19-28(2)3;1-2-4-5-3-1;/h5-6,9-18,30H,4,7-8,19-20H2,1-3H3;1-5H;/q2*-1;+2/b27-26-;;. The van der Waals surface area contributed by atoms with Crippen LogP contribution in [-0.4, -0.2) is 36.9 Å². The van der Waals surface area contributed by atoms with Gasteiger partial charge in [-0.25, -0.2) is 12.1 Å². The van der Waals surface area contributed by atoms with Crippen LogP contribution in [0.25, 0.3) is 11.1 Å². The van der Waals surface area contributed by atoms with Gasteiger partial charge < -0.3 is 14.4 Å². The van der Waals surface area contributed by atoms with E-state index in [2.05, 4.69) is 74.4 Å². The van der Waals surface area contributed by atoms with E-state index >= 15 is 0 Å². The van der Waals surface area contributed by atoms with Gasteiger partial charge in [0.25, 0.3) is 0 Å². The molecular weight excluding hydrogens is 531 g/mol. The molecule has 4 aromatic carbocycles. The molecule has 0 heterocycles. The summed E-state index contributed by atoms with van der Waals surface area (Å²) in [7, 11) is 4.21. The molecular formula is C32H37NO2Ru. The van der Waals surface area contributed by atoms with Crippen molar-refractivity contribution in [3.63, 3.8) is 0 Å². The van der Waals surface area contributed by atoms with Crippen LogP contribution in [0, 0.1) is 0 Å². The van der Waals surface area contributed by atoms with E-state index < -0.39 is 0 Å². The first-order valence-corrected chi connectivity index (χ1v) is 12.4. The van der Waals surface area contributed by atoms with Crippen molar-refractivity contribution in [2.45, 2.75) is 26.2 Å². The van der Waals surface area contributed by atoms with E-state index in [-0.39, 0.29) is 24.9 Å². The number of allylic oxidation sites excluding steroid dienone is 1. The van der Waals surface area contributed by atoms with E-state index in [1.54, 1.807) is 12.1 Å². The van der Waals surface area contributed by atoms with Crippen LogP contribution < -0.4 is 5.43 Å². The van der Waals surface area contributed by atoms with E-state index in [1.165, 1.54) is 16.7 Å². The zero-order chi connectivity index (χ0) is 24.9. The van der Waals surface area contributed by atoms with Crippen LogP contribution in [0.1, 0.15) is 42.9 Å². The average molecular weight is 569 g/mol. The third-order valence-corrected chi connectivity index (χ3v) is 5.83. The van der Waals surface area contributed by atoms with Gasteiger partial charge in [0.05, 0.1) is 5.43 Å². The molecule has 0 aliphatic carbocycles. The molecule has 0 spiro atoms. The first kappa shape index (κ1) is 29.3. The maximum atomic E-state index is 11.6. The summed E-state index contributed by atoms with van der Waals surface area (Å²) in [4.78, 5) is 13.9. The second-order valence-electron chi connectivity index (χ2n) is 8.81. The molecule has 3 nitrogen and oxygen atoms in total. The van der Waals surface area contributed by atoms with Gasteiger partial charge in [-0.05, 0) is 56.8 Å². The molecule has 0 fully saturated rings. The first-order valence-electron chi connectivity index (χ1n) is 12.4. The molecule has 0 radical (unpaired) electrons. The van der Waals surface area contributed by atoms with Crippen LogP contribution in [0.15, 0.2) is 108 Å². The number of benzene rings is 2. The molecule has 4 aromatic rings. The normalized spacial score (nSPS) is 11.2. The molecule has 0 saturated carbocycles. The molecule has 0 aliphatic rings. The molecule has 36 heavy (non-hydrogen) atoms. The summed E-state index contributed by atoms with van der Waals surface area (Å²) in [6.07, 6.45) is 3.18. The second-order valence-corrected chi connectivity index (χ2v) is 8.81. The molecule has 0 aliphatic heterocycles. The fraction of sp³-hybridized carbons (Fsp3) is 0.250. The maximum Gasteiger partial charge on any atom is 2.00 e. The number of ether oxygens (including phenoxy) is 1. The predicted octanol–water partition coefficient (Wildman–Crippen LogP) is 6.84. The molecule has 4 heteroatoms. The number of hydrogen-bond donors (Lipinski definition) is 0. The summed E-state index contributed by atoms with van der Waals surface area (Å²) in [5, 5.41) is 0. The summed E-state index contributed by atoms with van der Waals surface area (Å²) in [6.45, 7) is 4.14. The average Bonchev–Trinajstić information content (AvgIpc) is 3.61. The van der Waals surface area contributed by atoms with E-state index in [1.807, 2.05) is 42.5 Å². The third-order valence-electron chi connectivity index (χ3n) is 5.83. The zero-order valence-electron chi connectivity index (χ0n) is 21.5. The molecule has 0 bridgehead atoms. The van der Waals surface area contributed by atoms with E-state index in [4.69, 9.17) is 4.74 Å². The quantitative estimate of drug-likeness (QED) is 0.0909. The van der Waals surface area contributed by atoms with Crippen LogP contribution in [0.2, 0.25) is 0 Å². The van der Waals surface area contributed by atoms with Crippen LogP contribution in [0.5, 0.6) is 5.75 Å². The Hall–Kier alpha value is -2.94. The Morgan fingerprint density at radius 1 is 1.00 bits per heavy atom. The third kappa shape index (κ3) is 9.26. The Balaban J connectivity index is 0.000000678. The van der Waals surface area contributed by atoms with Gasteiger partial charge in [0.2, 0.25) is 5.75 Å². The number of aliphatic hydroxyl groups is 1. The molecule has 0 saturated heterocycles. The zero-order valence-corrected chi connectivity index (χ0v) is 23.2. The maximum absolute atomic E-state index is 11.6. The number of nitrogens with zero attached hydrogens (tertiary/aromatic N) is 1. The van der Waals surface area contributed by atoms with E-state index in [9.17, 15) is 4.79 Å². The fourth-order valence-corrected chi connectivity index (χ4v) is 4.04. The monoisotopic (exact) mass is 569 g/mol. The second kappa shape index (κ2) is 15.9. The molecule has 0 aromatic heterocycles. The molecule has 0 atom stereocenters. The van der Waals surface area contributed by atoms with Gasteiger partial charge in [-0.15, -0.1) is 24.3 Å². The molecule has 0 amide bonds.